The third kappa shape index (κ3) is 2.76. The number of nitrogen functional groups attached to an aromatic ring is 1. The van der Waals surface area contributed by atoms with Gasteiger partial charge in [0.2, 0.25) is 0 Å². The van der Waals surface area contributed by atoms with E-state index in [2.05, 4.69) is 4.98 Å². The Hall–Kier alpha value is -2.01. The van der Waals surface area contributed by atoms with Crippen LogP contribution in [0.15, 0.2) is 52.5 Å². The number of carboxylic acid groups (broad SMARTS) is 1. The van der Waals surface area contributed by atoms with Crippen LogP contribution >= 0.6 is 11.8 Å². The van der Waals surface area contributed by atoms with E-state index in [0.29, 0.717) is 10.7 Å². The fourth-order valence-corrected chi connectivity index (χ4v) is 2.07. The minimum atomic E-state index is -1.03. The normalized spacial score (nSPS) is 10.1. The number of hydrogen-bond acceptors (Lipinski definition) is 4. The Morgan fingerprint density at radius 1 is 1.29 bits per heavy atom. The minimum absolute atomic E-state index is 0.0971. The maximum absolute atomic E-state index is 10.7. The maximum Gasteiger partial charge on any atom is 0.337 e. The summed E-state index contributed by atoms with van der Waals surface area (Å²) >= 11 is 1.41. The number of carboxylic acids is 1. The molecule has 0 amide bonds. The zero-order chi connectivity index (χ0) is 12.3. The van der Waals surface area contributed by atoms with Crippen LogP contribution in [-0.2, 0) is 0 Å². The molecule has 0 fully saturated rings. The van der Waals surface area contributed by atoms with Crippen LogP contribution in [0, 0.1) is 0 Å². The van der Waals surface area contributed by atoms with Gasteiger partial charge in [0.15, 0.2) is 0 Å². The molecule has 17 heavy (non-hydrogen) atoms. The molecule has 1 heterocycles. The van der Waals surface area contributed by atoms with Gasteiger partial charge in [-0.3, -0.25) is 0 Å². The molecule has 0 saturated heterocycles. The van der Waals surface area contributed by atoms with Gasteiger partial charge in [0.1, 0.15) is 5.03 Å². The van der Waals surface area contributed by atoms with Crippen LogP contribution in [0.4, 0.5) is 5.69 Å². The topological polar surface area (TPSA) is 76.2 Å². The van der Waals surface area contributed by atoms with Crippen LogP contribution in [0.1, 0.15) is 10.4 Å². The highest BCUT2D eigenvalue weighted by Crippen LogP contribution is 2.30. The molecule has 0 unspecified atom stereocenters. The molecule has 2 aromatic rings. The summed E-state index contributed by atoms with van der Waals surface area (Å²) in [5.74, 6) is -1.03. The summed E-state index contributed by atoms with van der Waals surface area (Å²) in [4.78, 5) is 15.8. The Bertz CT molecular complexity index is 543. The molecule has 4 nitrogen and oxygen atoms in total. The molecule has 0 aliphatic carbocycles. The van der Waals surface area contributed by atoms with Crippen LogP contribution < -0.4 is 5.73 Å². The molecule has 3 N–H and O–H groups in total. The van der Waals surface area contributed by atoms with Gasteiger partial charge >= 0.3 is 5.97 Å². The van der Waals surface area contributed by atoms with Crippen LogP contribution in [-0.4, -0.2) is 16.1 Å². The zero-order valence-electron chi connectivity index (χ0n) is 8.83. The molecule has 1 aromatic heterocycles. The van der Waals surface area contributed by atoms with E-state index in [9.17, 15) is 4.79 Å². The number of aromatic nitrogens is 1. The van der Waals surface area contributed by atoms with Crippen molar-refractivity contribution < 1.29 is 9.90 Å². The van der Waals surface area contributed by atoms with E-state index >= 15 is 0 Å². The molecule has 0 radical (unpaired) electrons. The van der Waals surface area contributed by atoms with Crippen molar-refractivity contribution in [2.75, 3.05) is 5.73 Å². The van der Waals surface area contributed by atoms with Crippen molar-refractivity contribution in [2.45, 2.75) is 9.92 Å². The van der Waals surface area contributed by atoms with Crippen LogP contribution in [0.2, 0.25) is 0 Å². The highest BCUT2D eigenvalue weighted by Gasteiger charge is 2.08. The van der Waals surface area contributed by atoms with E-state index in [4.69, 9.17) is 10.8 Å². The Kier molecular flexibility index (Phi) is 3.30. The number of benzene rings is 1. The molecule has 5 heteroatoms. The summed E-state index contributed by atoms with van der Waals surface area (Å²) in [6, 6.07) is 11.1. The lowest BCUT2D eigenvalue weighted by Crippen LogP contribution is -2.00. The first kappa shape index (κ1) is 11.5. The van der Waals surface area contributed by atoms with Crippen molar-refractivity contribution in [1.82, 2.24) is 4.98 Å². The van der Waals surface area contributed by atoms with Gasteiger partial charge in [-0.1, -0.05) is 30.0 Å². The number of nitrogens with zero attached hydrogens (tertiary/aromatic N) is 1. The highest BCUT2D eigenvalue weighted by atomic mass is 32.2. The summed E-state index contributed by atoms with van der Waals surface area (Å²) in [5, 5.41) is 9.40. The largest absolute Gasteiger partial charge is 0.478 e. The number of carbonyl (C=O) groups is 1. The lowest BCUT2D eigenvalue weighted by molar-refractivity contribution is 0.0696. The molecule has 0 aliphatic heterocycles. The van der Waals surface area contributed by atoms with E-state index in [-0.39, 0.29) is 5.56 Å². The summed E-state index contributed by atoms with van der Waals surface area (Å²) in [6.45, 7) is 0. The third-order valence-corrected chi connectivity index (χ3v) is 3.13. The van der Waals surface area contributed by atoms with Gasteiger partial charge in [-0.25, -0.2) is 9.78 Å². The highest BCUT2D eigenvalue weighted by molar-refractivity contribution is 7.99. The van der Waals surface area contributed by atoms with E-state index in [1.54, 1.807) is 0 Å². The van der Waals surface area contributed by atoms with Gasteiger partial charge < -0.3 is 10.8 Å². The standard InChI is InChI=1S/C12H10N2O2S/c13-10-6-8(12(15)16)7-14-11(10)17-9-4-2-1-3-5-9/h1-7H,13H2,(H,15,16). The van der Waals surface area contributed by atoms with E-state index < -0.39 is 5.97 Å². The molecular formula is C12H10N2O2S. The average Bonchev–Trinajstić information content (AvgIpc) is 2.33. The molecule has 0 spiro atoms. The Labute approximate surface area is 102 Å². The Morgan fingerprint density at radius 3 is 2.59 bits per heavy atom. The molecule has 0 saturated carbocycles. The van der Waals surface area contributed by atoms with Crippen molar-refractivity contribution in [1.29, 1.82) is 0 Å². The first-order valence-corrected chi connectivity index (χ1v) is 5.70. The Balaban J connectivity index is 2.26. The second-order valence-corrected chi connectivity index (χ2v) is 4.40. The fourth-order valence-electron chi connectivity index (χ4n) is 1.27. The minimum Gasteiger partial charge on any atom is -0.478 e. The molecule has 86 valence electrons. The van der Waals surface area contributed by atoms with E-state index in [1.165, 1.54) is 24.0 Å². The van der Waals surface area contributed by atoms with E-state index in [1.807, 2.05) is 30.3 Å². The zero-order valence-corrected chi connectivity index (χ0v) is 9.65. The maximum atomic E-state index is 10.7. The molecule has 0 aliphatic rings. The second-order valence-electron chi connectivity index (χ2n) is 3.34. The van der Waals surface area contributed by atoms with Crippen LogP contribution in [0.3, 0.4) is 0 Å². The van der Waals surface area contributed by atoms with Crippen molar-refractivity contribution in [2.24, 2.45) is 0 Å². The predicted octanol–water partition coefficient (Wildman–Crippen LogP) is 2.51. The van der Waals surface area contributed by atoms with Gasteiger partial charge in [-0.2, -0.15) is 0 Å². The summed E-state index contributed by atoms with van der Waals surface area (Å²) < 4.78 is 0. The first-order chi connectivity index (χ1) is 8.16. The summed E-state index contributed by atoms with van der Waals surface area (Å²) in [5.41, 5.74) is 6.23. The van der Waals surface area contributed by atoms with Crippen LogP contribution in [0.25, 0.3) is 0 Å². The molecular weight excluding hydrogens is 236 g/mol. The van der Waals surface area contributed by atoms with Gasteiger partial charge in [0, 0.05) is 11.1 Å². The van der Waals surface area contributed by atoms with E-state index in [0.717, 1.165) is 4.90 Å². The number of aromatic carboxylic acids is 1. The molecule has 1 aromatic carbocycles. The van der Waals surface area contributed by atoms with Crippen molar-refractivity contribution in [3.63, 3.8) is 0 Å². The van der Waals surface area contributed by atoms with Crippen molar-refractivity contribution >= 4 is 23.4 Å². The first-order valence-electron chi connectivity index (χ1n) is 4.88. The van der Waals surface area contributed by atoms with Crippen LogP contribution in [0.5, 0.6) is 0 Å². The van der Waals surface area contributed by atoms with Gasteiger partial charge in [-0.05, 0) is 18.2 Å². The smallest absolute Gasteiger partial charge is 0.337 e. The summed E-state index contributed by atoms with van der Waals surface area (Å²) in [6.07, 6.45) is 1.31. The number of pyridine rings is 1. The molecule has 0 bridgehead atoms. The number of rotatable bonds is 3. The van der Waals surface area contributed by atoms with Gasteiger partial charge in [0.25, 0.3) is 0 Å². The second kappa shape index (κ2) is 4.88. The number of hydrogen-bond donors (Lipinski definition) is 2. The lowest BCUT2D eigenvalue weighted by atomic mass is 10.3. The predicted molar refractivity (Wildman–Crippen MR) is 66.2 cm³/mol. The average molecular weight is 246 g/mol. The fraction of sp³-hybridized carbons (Fsp3) is 0. The quantitative estimate of drug-likeness (QED) is 0.870. The molecule has 0 atom stereocenters. The Morgan fingerprint density at radius 2 is 2.00 bits per heavy atom. The van der Waals surface area contributed by atoms with Gasteiger partial charge in [0.05, 0.1) is 11.3 Å². The molecule has 2 rings (SSSR count). The monoisotopic (exact) mass is 246 g/mol. The summed E-state index contributed by atoms with van der Waals surface area (Å²) in [7, 11) is 0. The third-order valence-electron chi connectivity index (χ3n) is 2.08. The number of anilines is 1. The lowest BCUT2D eigenvalue weighted by Gasteiger charge is -2.04. The number of nitrogens with two attached hydrogens (primary N) is 1. The van der Waals surface area contributed by atoms with Gasteiger partial charge in [-0.15, -0.1) is 0 Å². The van der Waals surface area contributed by atoms with Crippen molar-refractivity contribution in [3.05, 3.63) is 48.2 Å². The SMILES string of the molecule is Nc1cc(C(=O)O)cnc1Sc1ccccc1. The van der Waals surface area contributed by atoms with Crippen molar-refractivity contribution in [3.8, 4) is 0 Å².